The van der Waals surface area contributed by atoms with Crippen molar-refractivity contribution in [1.29, 1.82) is 0 Å². The van der Waals surface area contributed by atoms with Gasteiger partial charge in [-0.3, -0.25) is 9.88 Å². The topological polar surface area (TPSA) is 69.2 Å². The molecule has 1 aliphatic rings. The molecule has 0 saturated heterocycles. The van der Waals surface area contributed by atoms with E-state index in [2.05, 4.69) is 24.6 Å². The number of aromatic nitrogens is 4. The Bertz CT molecular complexity index is 829. The van der Waals surface area contributed by atoms with E-state index in [-0.39, 0.29) is 0 Å². The van der Waals surface area contributed by atoms with Gasteiger partial charge in [-0.1, -0.05) is 11.2 Å². The Hall–Kier alpha value is -2.51. The van der Waals surface area contributed by atoms with Gasteiger partial charge < -0.3 is 13.8 Å². The summed E-state index contributed by atoms with van der Waals surface area (Å²) in [5.41, 5.74) is 3.14. The molecular weight excluding hydrogens is 330 g/mol. The predicted molar refractivity (Wildman–Crippen MR) is 95.0 cm³/mol. The number of imidazole rings is 1. The van der Waals surface area contributed by atoms with Gasteiger partial charge >= 0.3 is 0 Å². The van der Waals surface area contributed by atoms with E-state index in [0.29, 0.717) is 19.1 Å². The van der Waals surface area contributed by atoms with Gasteiger partial charge in [0, 0.05) is 50.6 Å². The fourth-order valence-electron chi connectivity index (χ4n) is 3.40. The van der Waals surface area contributed by atoms with Crippen LogP contribution in [-0.4, -0.2) is 37.7 Å². The van der Waals surface area contributed by atoms with Gasteiger partial charge in [0.05, 0.1) is 36.6 Å². The fraction of sp³-hybridized carbons (Fsp3) is 0.421. The van der Waals surface area contributed by atoms with Crippen LogP contribution in [0.2, 0.25) is 0 Å². The number of rotatable bonds is 6. The SMILES string of the molecule is Cc1cc(CN2Cc3cncn3C[C@H](COCc3ccccn3)C2)no1. The summed E-state index contributed by atoms with van der Waals surface area (Å²) in [6.07, 6.45) is 5.65. The van der Waals surface area contributed by atoms with Gasteiger partial charge in [0.1, 0.15) is 5.76 Å². The summed E-state index contributed by atoms with van der Waals surface area (Å²) in [4.78, 5) is 11.0. The monoisotopic (exact) mass is 353 g/mol. The van der Waals surface area contributed by atoms with Crippen LogP contribution in [0.15, 0.2) is 47.5 Å². The first-order chi connectivity index (χ1) is 12.8. The highest BCUT2D eigenvalue weighted by atomic mass is 16.5. The molecule has 3 aromatic heterocycles. The van der Waals surface area contributed by atoms with Crippen molar-refractivity contribution in [3.8, 4) is 0 Å². The van der Waals surface area contributed by atoms with Crippen LogP contribution in [-0.2, 0) is 31.0 Å². The molecule has 0 radical (unpaired) electrons. The number of hydrogen-bond acceptors (Lipinski definition) is 6. The van der Waals surface area contributed by atoms with Gasteiger partial charge in [-0.15, -0.1) is 0 Å². The number of nitrogens with zero attached hydrogens (tertiary/aromatic N) is 5. The summed E-state index contributed by atoms with van der Waals surface area (Å²) >= 11 is 0. The number of aryl methyl sites for hydroxylation is 1. The third kappa shape index (κ3) is 4.17. The molecule has 0 aliphatic carbocycles. The summed E-state index contributed by atoms with van der Waals surface area (Å²) < 4.78 is 13.4. The molecule has 0 bridgehead atoms. The molecule has 7 heteroatoms. The summed E-state index contributed by atoms with van der Waals surface area (Å²) in [6, 6.07) is 7.88. The van der Waals surface area contributed by atoms with Crippen molar-refractivity contribution in [2.24, 2.45) is 5.92 Å². The van der Waals surface area contributed by atoms with Gasteiger partial charge in [0.15, 0.2) is 0 Å². The third-order valence-electron chi connectivity index (χ3n) is 4.55. The minimum atomic E-state index is 0.377. The molecule has 0 N–H and O–H groups in total. The normalized spacial score (nSPS) is 17.8. The standard InChI is InChI=1S/C19H23N5O2/c1-15-6-18(22-26-15)10-23-8-16(9-24-14-20-7-19(24)11-23)12-25-13-17-4-2-3-5-21-17/h2-7,14,16H,8-13H2,1H3/t16-/m1/s1. The van der Waals surface area contributed by atoms with E-state index in [1.807, 2.05) is 43.7 Å². The van der Waals surface area contributed by atoms with E-state index in [0.717, 1.165) is 43.3 Å². The lowest BCUT2D eigenvalue weighted by Crippen LogP contribution is -2.30. The maximum atomic E-state index is 5.95. The fourth-order valence-corrected chi connectivity index (χ4v) is 3.40. The van der Waals surface area contributed by atoms with E-state index in [1.165, 1.54) is 5.69 Å². The Labute approximate surface area is 152 Å². The van der Waals surface area contributed by atoms with Crippen LogP contribution in [0.1, 0.15) is 22.8 Å². The first-order valence-electron chi connectivity index (χ1n) is 8.87. The molecule has 1 atom stereocenters. The van der Waals surface area contributed by atoms with Crippen LogP contribution >= 0.6 is 0 Å². The second-order valence-corrected chi connectivity index (χ2v) is 6.84. The van der Waals surface area contributed by atoms with Crippen LogP contribution in [0.3, 0.4) is 0 Å². The third-order valence-corrected chi connectivity index (χ3v) is 4.55. The average molecular weight is 353 g/mol. The molecule has 4 heterocycles. The van der Waals surface area contributed by atoms with Crippen LogP contribution in [0.25, 0.3) is 0 Å². The Balaban J connectivity index is 1.40. The van der Waals surface area contributed by atoms with Gasteiger partial charge in [0.2, 0.25) is 0 Å². The Morgan fingerprint density at radius 3 is 3.04 bits per heavy atom. The van der Waals surface area contributed by atoms with Crippen molar-refractivity contribution in [2.75, 3.05) is 13.2 Å². The summed E-state index contributed by atoms with van der Waals surface area (Å²) in [7, 11) is 0. The zero-order chi connectivity index (χ0) is 17.8. The summed E-state index contributed by atoms with van der Waals surface area (Å²) in [6.45, 7) is 6.60. The highest BCUT2D eigenvalue weighted by Gasteiger charge is 2.23. The van der Waals surface area contributed by atoms with Crippen LogP contribution in [0, 0.1) is 12.8 Å². The molecule has 26 heavy (non-hydrogen) atoms. The molecule has 4 rings (SSSR count). The van der Waals surface area contributed by atoms with Gasteiger partial charge in [-0.25, -0.2) is 4.98 Å². The molecule has 0 aromatic carbocycles. The van der Waals surface area contributed by atoms with Crippen molar-refractivity contribution in [3.63, 3.8) is 0 Å². The molecule has 0 fully saturated rings. The molecule has 3 aromatic rings. The molecular formula is C19H23N5O2. The zero-order valence-electron chi connectivity index (χ0n) is 14.9. The molecule has 1 aliphatic heterocycles. The molecule has 0 unspecified atom stereocenters. The van der Waals surface area contributed by atoms with Crippen molar-refractivity contribution in [2.45, 2.75) is 33.2 Å². The van der Waals surface area contributed by atoms with Crippen LogP contribution in [0.4, 0.5) is 0 Å². The average Bonchev–Trinajstić information content (AvgIpc) is 3.21. The van der Waals surface area contributed by atoms with Crippen LogP contribution in [0.5, 0.6) is 0 Å². The first-order valence-corrected chi connectivity index (χ1v) is 8.87. The molecule has 0 spiro atoms. The highest BCUT2D eigenvalue weighted by molar-refractivity contribution is 5.06. The number of hydrogen-bond donors (Lipinski definition) is 0. The molecule has 7 nitrogen and oxygen atoms in total. The Kier molecular flexibility index (Phi) is 5.08. The minimum Gasteiger partial charge on any atom is -0.375 e. The van der Waals surface area contributed by atoms with E-state index >= 15 is 0 Å². The second kappa shape index (κ2) is 7.80. The van der Waals surface area contributed by atoms with Crippen molar-refractivity contribution < 1.29 is 9.26 Å². The molecule has 0 saturated carbocycles. The van der Waals surface area contributed by atoms with Crippen molar-refractivity contribution >= 4 is 0 Å². The maximum Gasteiger partial charge on any atom is 0.133 e. The van der Waals surface area contributed by atoms with Gasteiger partial charge in [-0.2, -0.15) is 0 Å². The zero-order valence-corrected chi connectivity index (χ0v) is 14.9. The highest BCUT2D eigenvalue weighted by Crippen LogP contribution is 2.19. The lowest BCUT2D eigenvalue weighted by molar-refractivity contribution is 0.0645. The quantitative estimate of drug-likeness (QED) is 0.678. The molecule has 136 valence electrons. The van der Waals surface area contributed by atoms with E-state index in [9.17, 15) is 0 Å². The minimum absolute atomic E-state index is 0.377. The van der Waals surface area contributed by atoms with Gasteiger partial charge in [-0.05, 0) is 19.1 Å². The Morgan fingerprint density at radius 2 is 2.23 bits per heavy atom. The maximum absolute atomic E-state index is 5.95. The number of fused-ring (bicyclic) bond motifs is 1. The first kappa shape index (κ1) is 16.9. The largest absolute Gasteiger partial charge is 0.375 e. The van der Waals surface area contributed by atoms with Crippen LogP contribution < -0.4 is 0 Å². The summed E-state index contributed by atoms with van der Waals surface area (Å²) in [5.74, 6) is 1.22. The van der Waals surface area contributed by atoms with E-state index < -0.39 is 0 Å². The van der Waals surface area contributed by atoms with Crippen molar-refractivity contribution in [3.05, 3.63) is 65.8 Å². The lowest BCUT2D eigenvalue weighted by atomic mass is 10.1. The Morgan fingerprint density at radius 1 is 1.27 bits per heavy atom. The smallest absolute Gasteiger partial charge is 0.133 e. The molecule has 0 amide bonds. The predicted octanol–water partition coefficient (Wildman–Crippen LogP) is 2.42. The number of pyridine rings is 1. The van der Waals surface area contributed by atoms with Gasteiger partial charge in [0.25, 0.3) is 0 Å². The van der Waals surface area contributed by atoms with E-state index in [1.54, 1.807) is 6.20 Å². The lowest BCUT2D eigenvalue weighted by Gasteiger charge is -2.22. The van der Waals surface area contributed by atoms with E-state index in [4.69, 9.17) is 9.26 Å². The second-order valence-electron chi connectivity index (χ2n) is 6.84. The number of ether oxygens (including phenoxy) is 1. The van der Waals surface area contributed by atoms with Crippen molar-refractivity contribution in [1.82, 2.24) is 24.6 Å². The summed E-state index contributed by atoms with van der Waals surface area (Å²) in [5, 5.41) is 4.13.